The molecule has 2 atom stereocenters. The molecule has 0 aromatic heterocycles. The van der Waals surface area contributed by atoms with Crippen LogP contribution < -0.4 is 5.32 Å². The molecular formula is C19H26N2O6. The Hall–Kier alpha value is -2.77. The Balaban J connectivity index is 1.97. The monoisotopic (exact) mass is 378 g/mol. The van der Waals surface area contributed by atoms with Crippen molar-refractivity contribution in [2.24, 2.45) is 5.92 Å². The summed E-state index contributed by atoms with van der Waals surface area (Å²) in [5.74, 6) is -1.19. The van der Waals surface area contributed by atoms with Gasteiger partial charge in [0.05, 0.1) is 19.1 Å². The smallest absolute Gasteiger partial charge is 0.410 e. The van der Waals surface area contributed by atoms with E-state index in [1.54, 1.807) is 20.8 Å². The van der Waals surface area contributed by atoms with Gasteiger partial charge in [-0.2, -0.15) is 0 Å². The number of hydrogen-bond donors (Lipinski definition) is 1. The zero-order valence-corrected chi connectivity index (χ0v) is 16.1. The Morgan fingerprint density at radius 1 is 1.15 bits per heavy atom. The molecular weight excluding hydrogens is 352 g/mol. The summed E-state index contributed by atoms with van der Waals surface area (Å²) >= 11 is 0. The van der Waals surface area contributed by atoms with Crippen molar-refractivity contribution in [3.8, 4) is 0 Å². The number of ether oxygens (including phenoxy) is 3. The number of alkyl carbamates (subject to hydrolysis) is 1. The van der Waals surface area contributed by atoms with Crippen molar-refractivity contribution in [3.63, 3.8) is 0 Å². The van der Waals surface area contributed by atoms with Gasteiger partial charge in [0, 0.05) is 13.1 Å². The summed E-state index contributed by atoms with van der Waals surface area (Å²) in [6, 6.07) is 8.67. The molecule has 0 saturated carbocycles. The average molecular weight is 378 g/mol. The number of nitrogens with zero attached hydrogens (tertiary/aromatic N) is 1. The van der Waals surface area contributed by atoms with Gasteiger partial charge in [-0.15, -0.1) is 0 Å². The second kappa shape index (κ2) is 8.75. The molecule has 0 spiro atoms. The Morgan fingerprint density at radius 2 is 1.81 bits per heavy atom. The number of amides is 2. The first-order chi connectivity index (χ1) is 12.7. The molecule has 1 aliphatic rings. The fourth-order valence-corrected chi connectivity index (χ4v) is 2.76. The van der Waals surface area contributed by atoms with E-state index < -0.39 is 35.7 Å². The average Bonchev–Trinajstić information content (AvgIpc) is 3.02. The Kier molecular flexibility index (Phi) is 6.65. The predicted octanol–water partition coefficient (Wildman–Crippen LogP) is 2.32. The van der Waals surface area contributed by atoms with E-state index in [0.717, 1.165) is 5.56 Å². The number of nitrogens with one attached hydrogen (secondary N) is 1. The van der Waals surface area contributed by atoms with Crippen molar-refractivity contribution < 1.29 is 28.6 Å². The number of carbonyl (C=O) groups excluding carboxylic acids is 3. The number of hydrogen-bond acceptors (Lipinski definition) is 6. The van der Waals surface area contributed by atoms with Crippen LogP contribution in [0.5, 0.6) is 0 Å². The van der Waals surface area contributed by atoms with Crippen molar-refractivity contribution in [2.45, 2.75) is 39.0 Å². The highest BCUT2D eigenvalue weighted by atomic mass is 16.6. The van der Waals surface area contributed by atoms with Gasteiger partial charge in [0.15, 0.2) is 0 Å². The Bertz CT molecular complexity index is 671. The second-order valence-corrected chi connectivity index (χ2v) is 7.33. The van der Waals surface area contributed by atoms with Crippen LogP contribution >= 0.6 is 0 Å². The minimum Gasteiger partial charge on any atom is -0.469 e. The molecule has 8 nitrogen and oxygen atoms in total. The highest BCUT2D eigenvalue weighted by Crippen LogP contribution is 2.20. The molecule has 1 aliphatic heterocycles. The van der Waals surface area contributed by atoms with Gasteiger partial charge < -0.3 is 24.4 Å². The summed E-state index contributed by atoms with van der Waals surface area (Å²) in [6.07, 6.45) is -1.21. The van der Waals surface area contributed by atoms with Crippen LogP contribution in [0.15, 0.2) is 30.3 Å². The molecule has 2 rings (SSSR count). The number of esters is 1. The van der Waals surface area contributed by atoms with Crippen molar-refractivity contribution in [3.05, 3.63) is 35.9 Å². The molecule has 1 heterocycles. The van der Waals surface area contributed by atoms with Gasteiger partial charge in [0.2, 0.25) is 0 Å². The molecule has 1 aromatic rings. The van der Waals surface area contributed by atoms with E-state index in [4.69, 9.17) is 14.2 Å². The third-order valence-corrected chi connectivity index (χ3v) is 3.99. The first-order valence-corrected chi connectivity index (χ1v) is 8.72. The minimum absolute atomic E-state index is 0.0980. The van der Waals surface area contributed by atoms with Crippen LogP contribution in [0.4, 0.5) is 9.59 Å². The fraction of sp³-hybridized carbons (Fsp3) is 0.526. The standard InChI is InChI=1S/C19H26N2O6/c1-19(2,3)27-17(23)20-15-11-21(10-14(15)16(22)25-4)18(24)26-12-13-8-6-5-7-9-13/h5-9,14-15H,10-12H2,1-4H3,(H,20,23)/t14-,15-/m0/s1. The molecule has 0 bridgehead atoms. The van der Waals surface area contributed by atoms with E-state index in [9.17, 15) is 14.4 Å². The summed E-state index contributed by atoms with van der Waals surface area (Å²) < 4.78 is 15.3. The number of rotatable bonds is 4. The lowest BCUT2D eigenvalue weighted by molar-refractivity contribution is -0.145. The largest absolute Gasteiger partial charge is 0.469 e. The van der Waals surface area contributed by atoms with Gasteiger partial charge >= 0.3 is 18.2 Å². The van der Waals surface area contributed by atoms with E-state index in [-0.39, 0.29) is 19.7 Å². The van der Waals surface area contributed by atoms with Gasteiger partial charge in [-0.3, -0.25) is 4.79 Å². The summed E-state index contributed by atoms with van der Waals surface area (Å²) in [4.78, 5) is 37.8. The molecule has 1 saturated heterocycles. The number of carbonyl (C=O) groups is 3. The summed E-state index contributed by atoms with van der Waals surface area (Å²) in [6.45, 7) is 5.58. The Morgan fingerprint density at radius 3 is 2.41 bits per heavy atom. The van der Waals surface area contributed by atoms with Crippen LogP contribution in [0.3, 0.4) is 0 Å². The molecule has 148 valence electrons. The second-order valence-electron chi connectivity index (χ2n) is 7.33. The van der Waals surface area contributed by atoms with E-state index in [0.29, 0.717) is 0 Å². The van der Waals surface area contributed by atoms with Gasteiger partial charge in [0.25, 0.3) is 0 Å². The molecule has 8 heteroatoms. The van der Waals surface area contributed by atoms with Crippen molar-refractivity contribution >= 4 is 18.2 Å². The SMILES string of the molecule is COC(=O)[C@H]1CN(C(=O)OCc2ccccc2)C[C@@H]1NC(=O)OC(C)(C)C. The molecule has 0 aliphatic carbocycles. The van der Waals surface area contributed by atoms with Gasteiger partial charge in [-0.25, -0.2) is 9.59 Å². The minimum atomic E-state index is -0.688. The normalized spacial score (nSPS) is 19.3. The van der Waals surface area contributed by atoms with Crippen LogP contribution in [0.25, 0.3) is 0 Å². The third kappa shape index (κ3) is 6.16. The lowest BCUT2D eigenvalue weighted by Gasteiger charge is -2.23. The van der Waals surface area contributed by atoms with Crippen molar-refractivity contribution in [1.82, 2.24) is 10.2 Å². The predicted molar refractivity (Wildman–Crippen MR) is 96.9 cm³/mol. The molecule has 27 heavy (non-hydrogen) atoms. The van der Waals surface area contributed by atoms with E-state index in [1.165, 1.54) is 12.0 Å². The summed E-state index contributed by atoms with van der Waals surface area (Å²) in [5.41, 5.74) is 0.190. The third-order valence-electron chi connectivity index (χ3n) is 3.99. The summed E-state index contributed by atoms with van der Waals surface area (Å²) in [5, 5.41) is 2.65. The molecule has 0 radical (unpaired) electrons. The van der Waals surface area contributed by atoms with Crippen LogP contribution in [0.1, 0.15) is 26.3 Å². The zero-order valence-electron chi connectivity index (χ0n) is 16.1. The molecule has 1 aromatic carbocycles. The lowest BCUT2D eigenvalue weighted by Crippen LogP contribution is -2.45. The quantitative estimate of drug-likeness (QED) is 0.638. The molecule has 2 amide bonds. The van der Waals surface area contributed by atoms with Crippen LogP contribution in [0, 0.1) is 5.92 Å². The number of benzene rings is 1. The first kappa shape index (κ1) is 20.5. The summed E-state index contributed by atoms with van der Waals surface area (Å²) in [7, 11) is 1.27. The highest BCUT2D eigenvalue weighted by Gasteiger charge is 2.42. The maximum atomic E-state index is 12.3. The van der Waals surface area contributed by atoms with E-state index in [1.807, 2.05) is 30.3 Å². The number of methoxy groups -OCH3 is 1. The maximum absolute atomic E-state index is 12.3. The zero-order chi connectivity index (χ0) is 20.0. The molecule has 1 fully saturated rings. The van der Waals surface area contributed by atoms with Gasteiger partial charge in [0.1, 0.15) is 12.2 Å². The number of likely N-dealkylation sites (tertiary alicyclic amines) is 1. The van der Waals surface area contributed by atoms with Crippen molar-refractivity contribution in [2.75, 3.05) is 20.2 Å². The fourth-order valence-electron chi connectivity index (χ4n) is 2.76. The van der Waals surface area contributed by atoms with Gasteiger partial charge in [-0.05, 0) is 26.3 Å². The highest BCUT2D eigenvalue weighted by molar-refractivity contribution is 5.78. The molecule has 1 N–H and O–H groups in total. The van der Waals surface area contributed by atoms with Crippen LogP contribution in [0.2, 0.25) is 0 Å². The van der Waals surface area contributed by atoms with E-state index in [2.05, 4.69) is 5.32 Å². The maximum Gasteiger partial charge on any atom is 0.410 e. The Labute approximate surface area is 158 Å². The molecule has 0 unspecified atom stereocenters. The topological polar surface area (TPSA) is 94.2 Å². The van der Waals surface area contributed by atoms with Gasteiger partial charge in [-0.1, -0.05) is 30.3 Å². The van der Waals surface area contributed by atoms with Crippen molar-refractivity contribution in [1.29, 1.82) is 0 Å². The lowest BCUT2D eigenvalue weighted by atomic mass is 10.0. The van der Waals surface area contributed by atoms with E-state index >= 15 is 0 Å². The van der Waals surface area contributed by atoms with Crippen LogP contribution in [-0.2, 0) is 25.6 Å². The first-order valence-electron chi connectivity index (χ1n) is 8.72. The van der Waals surface area contributed by atoms with Crippen LogP contribution in [-0.4, -0.2) is 54.9 Å².